The Kier molecular flexibility index (Phi) is 3.36. The van der Waals surface area contributed by atoms with Gasteiger partial charge in [0.25, 0.3) is 0 Å². The van der Waals surface area contributed by atoms with Gasteiger partial charge >= 0.3 is 0 Å². The molecule has 0 amide bonds. The molecule has 3 rings (SSSR count). The van der Waals surface area contributed by atoms with E-state index in [2.05, 4.69) is 13.8 Å². The lowest BCUT2D eigenvalue weighted by Gasteiger charge is -2.43. The maximum Gasteiger partial charge on any atom is 0.0721 e. The summed E-state index contributed by atoms with van der Waals surface area (Å²) in [5.41, 5.74) is 0.497. The van der Waals surface area contributed by atoms with Crippen LogP contribution < -0.4 is 0 Å². The highest BCUT2D eigenvalue weighted by molar-refractivity contribution is 5.06. The molecule has 3 aliphatic rings. The Labute approximate surface area is 101 Å². The van der Waals surface area contributed by atoms with Crippen molar-refractivity contribution in [1.82, 2.24) is 0 Å². The Morgan fingerprint density at radius 2 is 1.62 bits per heavy atom. The molecule has 1 heterocycles. The second-order valence-corrected chi connectivity index (χ2v) is 6.19. The van der Waals surface area contributed by atoms with E-state index >= 15 is 0 Å². The number of hydrogen-bond donors (Lipinski definition) is 0. The summed E-state index contributed by atoms with van der Waals surface area (Å²) in [4.78, 5) is 0. The summed E-state index contributed by atoms with van der Waals surface area (Å²) >= 11 is 0. The van der Waals surface area contributed by atoms with Crippen molar-refractivity contribution in [3.63, 3.8) is 0 Å². The van der Waals surface area contributed by atoms with Crippen molar-refractivity contribution in [2.75, 3.05) is 0 Å². The van der Waals surface area contributed by atoms with Crippen LogP contribution in [0.1, 0.15) is 72.6 Å². The van der Waals surface area contributed by atoms with Gasteiger partial charge in [0.1, 0.15) is 0 Å². The summed E-state index contributed by atoms with van der Waals surface area (Å²) < 4.78 is 6.46. The van der Waals surface area contributed by atoms with Crippen LogP contribution in [0.5, 0.6) is 0 Å². The van der Waals surface area contributed by atoms with E-state index in [9.17, 15) is 0 Å². The van der Waals surface area contributed by atoms with Gasteiger partial charge in [0.05, 0.1) is 11.2 Å². The first-order valence-corrected chi connectivity index (χ1v) is 7.33. The first kappa shape index (κ1) is 12.4. The first-order valence-electron chi connectivity index (χ1n) is 7.33. The first-order chi connectivity index (χ1) is 7.62. The zero-order chi connectivity index (χ0) is 11.8. The fourth-order valence-electron chi connectivity index (χ4n) is 4.26. The normalized spacial score (nSPS) is 44.2. The fourth-order valence-corrected chi connectivity index (χ4v) is 4.26. The Bertz CT molecular complexity index is 246. The minimum absolute atomic E-state index is 0.173. The van der Waals surface area contributed by atoms with Crippen LogP contribution in [0.15, 0.2) is 0 Å². The summed E-state index contributed by atoms with van der Waals surface area (Å²) in [6.45, 7) is 8.62. The lowest BCUT2D eigenvalue weighted by Crippen LogP contribution is -2.42. The van der Waals surface area contributed by atoms with Crippen LogP contribution in [0.3, 0.4) is 0 Å². The molecule has 3 fully saturated rings. The van der Waals surface area contributed by atoms with Crippen LogP contribution in [-0.4, -0.2) is 11.2 Å². The average Bonchev–Trinajstić information content (AvgIpc) is 2.48. The Morgan fingerprint density at radius 1 is 0.938 bits per heavy atom. The van der Waals surface area contributed by atoms with Crippen LogP contribution in [0.2, 0.25) is 0 Å². The molecule has 1 aliphatic heterocycles. The molecule has 16 heavy (non-hydrogen) atoms. The summed E-state index contributed by atoms with van der Waals surface area (Å²) in [7, 11) is 0. The lowest BCUT2D eigenvalue weighted by atomic mass is 9.65. The van der Waals surface area contributed by atoms with Gasteiger partial charge in [0.15, 0.2) is 0 Å². The van der Waals surface area contributed by atoms with E-state index in [0.29, 0.717) is 5.60 Å². The molecular formula is C15H28O. The Balaban J connectivity index is 0.000000457. The third kappa shape index (κ3) is 1.81. The van der Waals surface area contributed by atoms with E-state index in [1.807, 2.05) is 13.8 Å². The van der Waals surface area contributed by atoms with Gasteiger partial charge in [-0.25, -0.2) is 0 Å². The van der Waals surface area contributed by atoms with Crippen LogP contribution in [0, 0.1) is 11.8 Å². The molecule has 1 saturated heterocycles. The van der Waals surface area contributed by atoms with Crippen LogP contribution in [-0.2, 0) is 4.74 Å². The number of fused-ring (bicyclic) bond motifs is 1. The minimum Gasteiger partial charge on any atom is -0.369 e. The molecule has 94 valence electrons. The zero-order valence-corrected chi connectivity index (χ0v) is 11.5. The summed E-state index contributed by atoms with van der Waals surface area (Å²) in [5.74, 6) is 1.74. The molecule has 0 radical (unpaired) electrons. The molecule has 2 aliphatic carbocycles. The fraction of sp³-hybridized carbons (Fsp3) is 1.00. The van der Waals surface area contributed by atoms with Gasteiger partial charge in [0.2, 0.25) is 0 Å². The Morgan fingerprint density at radius 3 is 2.38 bits per heavy atom. The molecule has 0 N–H and O–H groups in total. The van der Waals surface area contributed by atoms with E-state index in [0.717, 1.165) is 11.8 Å². The van der Waals surface area contributed by atoms with Gasteiger partial charge in [-0.1, -0.05) is 26.7 Å². The van der Waals surface area contributed by atoms with E-state index < -0.39 is 0 Å². The maximum atomic E-state index is 6.46. The monoisotopic (exact) mass is 224 g/mol. The molecular weight excluding hydrogens is 196 g/mol. The third-order valence-corrected chi connectivity index (χ3v) is 5.05. The topological polar surface area (TPSA) is 9.23 Å². The molecule has 2 saturated carbocycles. The van der Waals surface area contributed by atoms with Crippen molar-refractivity contribution in [1.29, 1.82) is 0 Å². The average molecular weight is 224 g/mol. The summed E-state index contributed by atoms with van der Waals surface area (Å²) in [5, 5.41) is 0. The number of rotatable bonds is 0. The molecule has 2 bridgehead atoms. The quantitative estimate of drug-likeness (QED) is 0.586. The van der Waals surface area contributed by atoms with Gasteiger partial charge in [-0.3, -0.25) is 0 Å². The van der Waals surface area contributed by atoms with Gasteiger partial charge < -0.3 is 4.74 Å². The smallest absolute Gasteiger partial charge is 0.0721 e. The summed E-state index contributed by atoms with van der Waals surface area (Å²) in [6, 6.07) is 0. The predicted molar refractivity (Wildman–Crippen MR) is 68.5 cm³/mol. The molecule has 0 aromatic rings. The van der Waals surface area contributed by atoms with E-state index in [4.69, 9.17) is 4.74 Å². The van der Waals surface area contributed by atoms with Gasteiger partial charge in [-0.2, -0.15) is 0 Å². The van der Waals surface area contributed by atoms with Crippen LogP contribution in [0.25, 0.3) is 0 Å². The molecule has 1 spiro atoms. The zero-order valence-electron chi connectivity index (χ0n) is 11.5. The lowest BCUT2D eigenvalue weighted by molar-refractivity contribution is -0.129. The van der Waals surface area contributed by atoms with Crippen molar-refractivity contribution in [2.45, 2.75) is 83.8 Å². The summed E-state index contributed by atoms with van der Waals surface area (Å²) in [6.07, 6.45) is 9.85. The SMILES string of the molecule is CC.CC1(C)OC23CCCCC2CCC1C3. The largest absolute Gasteiger partial charge is 0.369 e. The van der Waals surface area contributed by atoms with Gasteiger partial charge in [-0.15, -0.1) is 0 Å². The van der Waals surface area contributed by atoms with E-state index in [1.165, 1.54) is 44.9 Å². The van der Waals surface area contributed by atoms with Crippen molar-refractivity contribution in [3.8, 4) is 0 Å². The Hall–Kier alpha value is -0.0400. The van der Waals surface area contributed by atoms with Crippen molar-refractivity contribution in [3.05, 3.63) is 0 Å². The molecule has 3 atom stereocenters. The van der Waals surface area contributed by atoms with Crippen LogP contribution in [0.4, 0.5) is 0 Å². The van der Waals surface area contributed by atoms with Crippen molar-refractivity contribution >= 4 is 0 Å². The maximum absolute atomic E-state index is 6.46. The van der Waals surface area contributed by atoms with Crippen molar-refractivity contribution < 1.29 is 4.74 Å². The predicted octanol–water partition coefficient (Wildman–Crippen LogP) is 4.55. The molecule has 1 heteroatoms. The second-order valence-electron chi connectivity index (χ2n) is 6.19. The van der Waals surface area contributed by atoms with Gasteiger partial charge in [-0.05, 0) is 57.8 Å². The highest BCUT2D eigenvalue weighted by Gasteiger charge is 2.57. The van der Waals surface area contributed by atoms with E-state index in [1.54, 1.807) is 0 Å². The minimum atomic E-state index is 0.173. The second kappa shape index (κ2) is 4.33. The highest BCUT2D eigenvalue weighted by Crippen LogP contribution is 2.58. The highest BCUT2D eigenvalue weighted by atomic mass is 16.5. The standard InChI is InChI=1S/C13H22O.C2H6/c1-12(2)11-7-6-10-5-3-4-8-13(10,9-11)14-12;1-2/h10-11H,3-9H2,1-2H3;1-2H3. The number of hydrogen-bond acceptors (Lipinski definition) is 1. The molecule has 3 unspecified atom stereocenters. The molecule has 0 aromatic heterocycles. The number of ether oxygens (including phenoxy) is 1. The van der Waals surface area contributed by atoms with E-state index in [-0.39, 0.29) is 5.60 Å². The molecule has 1 nitrogen and oxygen atoms in total. The van der Waals surface area contributed by atoms with Crippen molar-refractivity contribution in [2.24, 2.45) is 11.8 Å². The third-order valence-electron chi connectivity index (χ3n) is 5.05. The molecule has 0 aromatic carbocycles. The van der Waals surface area contributed by atoms with Crippen LogP contribution >= 0.6 is 0 Å². The van der Waals surface area contributed by atoms with Gasteiger partial charge in [0, 0.05) is 0 Å².